The van der Waals surface area contributed by atoms with Crippen LogP contribution in [0.1, 0.15) is 0 Å². The van der Waals surface area contributed by atoms with E-state index in [0.717, 1.165) is 81.7 Å². The zero-order valence-electron chi connectivity index (χ0n) is 80.5. The van der Waals surface area contributed by atoms with Crippen molar-refractivity contribution in [3.63, 3.8) is 0 Å². The molecule has 3 heterocycles. The van der Waals surface area contributed by atoms with Gasteiger partial charge in [0.25, 0.3) is 0 Å². The van der Waals surface area contributed by atoms with Gasteiger partial charge in [-0.2, -0.15) is 0 Å². The molecule has 5 nitrogen and oxygen atoms in total. The first kappa shape index (κ1) is 84.2. The average Bonchev–Trinajstić information content (AvgIpc) is 1.18. The second-order valence-electron chi connectivity index (χ2n) is 39.5. The van der Waals surface area contributed by atoms with Crippen LogP contribution in [0.3, 0.4) is 0 Å². The van der Waals surface area contributed by atoms with E-state index in [9.17, 15) is 0 Å². The monoisotopic (exact) mass is 1910 g/mol. The van der Waals surface area contributed by atoms with Crippen LogP contribution in [-0.2, 0) is 0 Å². The fourth-order valence-corrected chi connectivity index (χ4v) is 25.9. The first-order valence-corrected chi connectivity index (χ1v) is 51.9. The molecule has 0 atom stereocenters. The lowest BCUT2D eigenvalue weighted by atomic mass is 9.88. The number of aromatic nitrogens is 3. The van der Waals surface area contributed by atoms with Crippen molar-refractivity contribution >= 4 is 195 Å². The van der Waals surface area contributed by atoms with Gasteiger partial charge in [-0.05, 0) is 313 Å². The fourth-order valence-electron chi connectivity index (χ4n) is 24.7. The third-order valence-corrected chi connectivity index (χ3v) is 32.7. The van der Waals surface area contributed by atoms with Crippen LogP contribution in [0.4, 0.5) is 0 Å². The summed E-state index contributed by atoms with van der Waals surface area (Å²) >= 11 is 1.79. The Morgan fingerprint density at radius 1 is 0.141 bits per heavy atom. The summed E-state index contributed by atoms with van der Waals surface area (Å²) in [5, 5.41) is 35.8. The highest BCUT2D eigenvalue weighted by Gasteiger charge is 2.29. The average molecular weight is 1910 g/mol. The molecule has 2 aliphatic carbocycles. The van der Waals surface area contributed by atoms with E-state index in [-0.39, 0.29) is 0 Å². The third-order valence-electron chi connectivity index (χ3n) is 31.6. The zero-order chi connectivity index (χ0) is 97.6. The maximum absolute atomic E-state index is 6.53. The molecule has 0 bridgehead atoms. The molecule has 0 N–H and O–H groups in total. The first-order chi connectivity index (χ1) is 73.9. The largest absolute Gasteiger partial charge is 0.435 e. The van der Waals surface area contributed by atoms with Crippen LogP contribution >= 0.6 is 11.3 Å². The highest BCUT2D eigenvalue weighted by Crippen LogP contribution is 2.55. The maximum atomic E-state index is 6.53. The standard InChI is InChI=1S/C49H29NO.C47H27NO.C47H27NS/c1-2-10-32(11-3-1)49-50-46-27-23-31-20-18-30-19-21-33(28-44(30)47(31)48(46)51-49)35-25-26-36(38-13-5-4-12-37(35)38)34-22-24-43-41-16-7-6-14-39(41)40-15-8-9-17-42(40)45(43)29-34;2*1-2-9-30(10-3-1)47-48-43-26-21-29-19-17-28-18-20-31(27-42(28)44(29)46(43)49-47)32-22-23-37(34-12-5-4-11-33(32)34)38-24-25-41-36-14-7-6-13-35(36)39-15-8-16-40(38)45(39)41/h1-29H;2*1-27H. The van der Waals surface area contributed by atoms with Crippen molar-refractivity contribution in [3.8, 4) is 145 Å². The summed E-state index contributed by atoms with van der Waals surface area (Å²) in [6, 6.07) is 183. The van der Waals surface area contributed by atoms with E-state index in [1.807, 2.05) is 60.7 Å². The van der Waals surface area contributed by atoms with Gasteiger partial charge in [0.05, 0.1) is 10.2 Å². The van der Waals surface area contributed by atoms with Crippen LogP contribution in [-0.4, -0.2) is 15.0 Å². The summed E-state index contributed by atoms with van der Waals surface area (Å²) in [5.41, 5.74) is 32.9. The number of thiazole rings is 1. The molecule has 31 aromatic rings. The van der Waals surface area contributed by atoms with Crippen molar-refractivity contribution < 1.29 is 8.83 Å². The summed E-state index contributed by atoms with van der Waals surface area (Å²) in [5.74, 6) is 1.28. The molecule has 0 unspecified atom stereocenters. The first-order valence-electron chi connectivity index (χ1n) is 51.0. The molecule has 0 aliphatic heterocycles. The van der Waals surface area contributed by atoms with Gasteiger partial charge in [-0.25, -0.2) is 15.0 Å². The van der Waals surface area contributed by atoms with Crippen LogP contribution in [0.5, 0.6) is 0 Å². The van der Waals surface area contributed by atoms with Crippen LogP contribution in [0.2, 0.25) is 0 Å². The molecule has 0 saturated carbocycles. The fraction of sp³-hybridized carbons (Fsp3) is 0. The van der Waals surface area contributed by atoms with Gasteiger partial charge in [0.1, 0.15) is 16.0 Å². The van der Waals surface area contributed by atoms with Crippen molar-refractivity contribution in [2.45, 2.75) is 0 Å². The minimum absolute atomic E-state index is 0.641. The molecule has 3 aromatic heterocycles. The predicted octanol–water partition coefficient (Wildman–Crippen LogP) is 40.4. The van der Waals surface area contributed by atoms with Crippen LogP contribution in [0, 0.1) is 0 Å². The Bertz CT molecular complexity index is 10700. The molecule has 0 radical (unpaired) electrons. The number of hydrogen-bond donors (Lipinski definition) is 0. The van der Waals surface area contributed by atoms with E-state index < -0.39 is 0 Å². The van der Waals surface area contributed by atoms with Crippen molar-refractivity contribution in [2.24, 2.45) is 0 Å². The van der Waals surface area contributed by atoms with Gasteiger partial charge >= 0.3 is 0 Å². The molecule has 28 aromatic carbocycles. The lowest BCUT2D eigenvalue weighted by molar-refractivity contribution is 0.623. The Hall–Kier alpha value is -19.4. The Balaban J connectivity index is 0.000000101. The van der Waals surface area contributed by atoms with Crippen molar-refractivity contribution in [3.05, 3.63) is 504 Å². The molecule has 0 amide bonds. The number of nitrogens with zero attached hydrogens (tertiary/aromatic N) is 3. The second-order valence-corrected chi connectivity index (χ2v) is 40.5. The van der Waals surface area contributed by atoms with Crippen molar-refractivity contribution in [1.29, 1.82) is 0 Å². The highest BCUT2D eigenvalue weighted by molar-refractivity contribution is 7.22. The van der Waals surface area contributed by atoms with Gasteiger partial charge in [-0.3, -0.25) is 0 Å². The minimum atomic E-state index is 0.641. The van der Waals surface area contributed by atoms with Crippen molar-refractivity contribution in [2.75, 3.05) is 0 Å². The quantitative estimate of drug-likeness (QED) is 0.135. The SMILES string of the molecule is c1ccc(-c2nc3ccc4ccc5ccc(-c6ccc(-c7ccc8c9c(cccc79)-c7ccccc7-8)c7ccccc67)cc5c4c3o2)cc1.c1ccc(-c2nc3ccc4ccc5ccc(-c6ccc(-c7ccc8c9c(cccc79)-c7ccccc7-8)c7ccccc67)cc5c4c3s2)cc1.c1ccc(-c2nc3ccc4ccc5ccc(-c6ccc(-c7ccc8c9ccccc9c9ccccc9c8c7)c7ccccc67)cc5c4c3o2)cc1. The molecule has 6 heteroatoms. The molecule has 688 valence electrons. The van der Waals surface area contributed by atoms with Gasteiger partial charge in [0, 0.05) is 32.8 Å². The molecular weight excluding hydrogens is 1820 g/mol. The lowest BCUT2D eigenvalue weighted by Gasteiger charge is -2.15. The Morgan fingerprint density at radius 2 is 0.403 bits per heavy atom. The molecule has 0 saturated heterocycles. The van der Waals surface area contributed by atoms with Crippen molar-refractivity contribution in [1.82, 2.24) is 15.0 Å². The number of hydrogen-bond acceptors (Lipinski definition) is 6. The summed E-state index contributed by atoms with van der Waals surface area (Å²) in [6.07, 6.45) is 0. The van der Waals surface area contributed by atoms with E-state index in [1.54, 1.807) is 11.3 Å². The minimum Gasteiger partial charge on any atom is -0.435 e. The Labute approximate surface area is 860 Å². The van der Waals surface area contributed by atoms with E-state index in [1.165, 1.54) is 234 Å². The van der Waals surface area contributed by atoms with E-state index in [2.05, 4.69) is 443 Å². The number of rotatable bonds is 9. The Morgan fingerprint density at radius 3 is 0.805 bits per heavy atom. The van der Waals surface area contributed by atoms with Crippen LogP contribution < -0.4 is 0 Å². The molecule has 2 aliphatic rings. The van der Waals surface area contributed by atoms with Crippen LogP contribution in [0.15, 0.2) is 512 Å². The molecule has 149 heavy (non-hydrogen) atoms. The zero-order valence-corrected chi connectivity index (χ0v) is 81.3. The summed E-state index contributed by atoms with van der Waals surface area (Å²) in [4.78, 5) is 14.8. The smallest absolute Gasteiger partial charge is 0.227 e. The van der Waals surface area contributed by atoms with Gasteiger partial charge in [0.15, 0.2) is 11.2 Å². The van der Waals surface area contributed by atoms with Gasteiger partial charge < -0.3 is 8.83 Å². The van der Waals surface area contributed by atoms with E-state index in [0.29, 0.717) is 11.8 Å². The number of fused-ring (bicyclic) bond motifs is 30. The van der Waals surface area contributed by atoms with Gasteiger partial charge in [-0.1, -0.05) is 437 Å². The molecule has 0 fully saturated rings. The maximum Gasteiger partial charge on any atom is 0.227 e. The van der Waals surface area contributed by atoms with E-state index in [4.69, 9.17) is 23.8 Å². The second kappa shape index (κ2) is 33.6. The molecular formula is C143H83N3O2S. The molecule has 0 spiro atoms. The topological polar surface area (TPSA) is 65.0 Å². The van der Waals surface area contributed by atoms with Gasteiger partial charge in [-0.15, -0.1) is 11.3 Å². The predicted molar refractivity (Wildman–Crippen MR) is 631 cm³/mol. The summed E-state index contributed by atoms with van der Waals surface area (Å²) in [7, 11) is 0. The van der Waals surface area contributed by atoms with Crippen LogP contribution in [0.25, 0.3) is 328 Å². The number of oxazole rings is 2. The number of benzene rings is 28. The molecule has 33 rings (SSSR count). The highest BCUT2D eigenvalue weighted by atomic mass is 32.1. The third kappa shape index (κ3) is 13.4. The summed E-state index contributed by atoms with van der Waals surface area (Å²) < 4.78 is 14.3. The van der Waals surface area contributed by atoms with Gasteiger partial charge in [0.2, 0.25) is 11.8 Å². The Kier molecular flexibility index (Phi) is 19.0. The lowest BCUT2D eigenvalue weighted by Crippen LogP contribution is -1.89. The van der Waals surface area contributed by atoms with E-state index >= 15 is 0 Å². The normalized spacial score (nSPS) is 12.0. The summed E-state index contributed by atoms with van der Waals surface area (Å²) in [6.45, 7) is 0.